The van der Waals surface area contributed by atoms with E-state index in [4.69, 9.17) is 4.74 Å². The number of ketones is 1. The molecule has 0 radical (unpaired) electrons. The number of allylic oxidation sites excluding steroid dienone is 1. The zero-order valence-electron chi connectivity index (χ0n) is 12.7. The maximum absolute atomic E-state index is 12.5. The maximum atomic E-state index is 12.5. The predicted molar refractivity (Wildman–Crippen MR) is 81.4 cm³/mol. The highest BCUT2D eigenvalue weighted by molar-refractivity contribution is 5.96. The minimum Gasteiger partial charge on any atom is -0.488 e. The van der Waals surface area contributed by atoms with Crippen molar-refractivity contribution < 1.29 is 9.53 Å². The molecular formula is C17H22N2O2. The standard InChI is InChI=1S/C17H22N2O2/c1-18(2)11-16-17(20)15-10-19(9-14(15)12-21-16)8-13-6-4-3-5-7-13/h3-7,11,14-15H,8-10,12H2,1-2H3/b16-11+/t14-,15-/m1/s1. The Balaban J connectivity index is 1.67. The van der Waals surface area contributed by atoms with Crippen molar-refractivity contribution in [3.8, 4) is 0 Å². The lowest BCUT2D eigenvalue weighted by Crippen LogP contribution is -2.34. The van der Waals surface area contributed by atoms with E-state index in [-0.39, 0.29) is 11.7 Å². The summed E-state index contributed by atoms with van der Waals surface area (Å²) in [5, 5.41) is 0. The third-order valence-corrected chi connectivity index (χ3v) is 4.17. The van der Waals surface area contributed by atoms with Crippen LogP contribution in [0.5, 0.6) is 0 Å². The van der Waals surface area contributed by atoms with Gasteiger partial charge in [0.1, 0.15) is 0 Å². The van der Waals surface area contributed by atoms with Crippen molar-refractivity contribution in [1.29, 1.82) is 0 Å². The van der Waals surface area contributed by atoms with Crippen LogP contribution in [0.4, 0.5) is 0 Å². The monoisotopic (exact) mass is 286 g/mol. The fourth-order valence-electron chi connectivity index (χ4n) is 3.18. The zero-order valence-corrected chi connectivity index (χ0v) is 12.7. The van der Waals surface area contributed by atoms with E-state index in [1.54, 1.807) is 6.20 Å². The van der Waals surface area contributed by atoms with Crippen LogP contribution in [0, 0.1) is 11.8 Å². The molecule has 2 saturated heterocycles. The minimum absolute atomic E-state index is 0.0914. The van der Waals surface area contributed by atoms with Gasteiger partial charge in [0.2, 0.25) is 5.78 Å². The molecule has 2 aliphatic rings. The summed E-state index contributed by atoms with van der Waals surface area (Å²) in [7, 11) is 3.82. The highest BCUT2D eigenvalue weighted by atomic mass is 16.5. The van der Waals surface area contributed by atoms with Gasteiger partial charge in [-0.2, -0.15) is 0 Å². The molecule has 112 valence electrons. The summed E-state index contributed by atoms with van der Waals surface area (Å²) in [5.41, 5.74) is 1.30. The van der Waals surface area contributed by atoms with E-state index in [1.165, 1.54) is 5.56 Å². The first-order valence-corrected chi connectivity index (χ1v) is 7.45. The second kappa shape index (κ2) is 5.90. The topological polar surface area (TPSA) is 32.8 Å². The number of Topliss-reactive ketones (excluding diaryl/α,β-unsaturated/α-hetero) is 1. The number of nitrogens with zero attached hydrogens (tertiary/aromatic N) is 2. The van der Waals surface area contributed by atoms with E-state index in [0.29, 0.717) is 18.3 Å². The summed E-state index contributed by atoms with van der Waals surface area (Å²) in [6.07, 6.45) is 1.79. The molecule has 0 N–H and O–H groups in total. The van der Waals surface area contributed by atoms with E-state index in [2.05, 4.69) is 29.2 Å². The third kappa shape index (κ3) is 3.10. The van der Waals surface area contributed by atoms with Crippen LogP contribution in [-0.4, -0.2) is 49.4 Å². The lowest BCUT2D eigenvalue weighted by molar-refractivity contribution is -0.127. The number of carbonyl (C=O) groups is 1. The van der Waals surface area contributed by atoms with Crippen LogP contribution < -0.4 is 0 Å². The number of benzene rings is 1. The van der Waals surface area contributed by atoms with Gasteiger partial charge in [0, 0.05) is 51.8 Å². The average molecular weight is 286 g/mol. The molecule has 0 bridgehead atoms. The van der Waals surface area contributed by atoms with E-state index < -0.39 is 0 Å². The molecule has 0 aliphatic carbocycles. The minimum atomic E-state index is 0.0914. The van der Waals surface area contributed by atoms with Crippen molar-refractivity contribution in [2.24, 2.45) is 11.8 Å². The van der Waals surface area contributed by atoms with Crippen LogP contribution in [0.25, 0.3) is 0 Å². The van der Waals surface area contributed by atoms with E-state index in [0.717, 1.165) is 19.6 Å². The molecule has 21 heavy (non-hydrogen) atoms. The normalized spacial score (nSPS) is 27.5. The number of likely N-dealkylation sites (tertiary alicyclic amines) is 1. The van der Waals surface area contributed by atoms with Gasteiger partial charge in [-0.05, 0) is 5.56 Å². The number of rotatable bonds is 3. The maximum Gasteiger partial charge on any atom is 0.203 e. The number of hydrogen-bond acceptors (Lipinski definition) is 4. The Morgan fingerprint density at radius 1 is 1.29 bits per heavy atom. The van der Waals surface area contributed by atoms with E-state index >= 15 is 0 Å². The van der Waals surface area contributed by atoms with Crippen LogP contribution in [0.15, 0.2) is 42.3 Å². The van der Waals surface area contributed by atoms with Crippen molar-refractivity contribution in [2.75, 3.05) is 33.8 Å². The molecule has 2 aliphatic heterocycles. The van der Waals surface area contributed by atoms with Crippen molar-refractivity contribution in [1.82, 2.24) is 9.80 Å². The quantitative estimate of drug-likeness (QED) is 0.792. The number of ether oxygens (including phenoxy) is 1. The lowest BCUT2D eigenvalue weighted by Gasteiger charge is -2.26. The molecule has 0 unspecified atom stereocenters. The van der Waals surface area contributed by atoms with Gasteiger partial charge < -0.3 is 9.64 Å². The third-order valence-electron chi connectivity index (χ3n) is 4.17. The number of hydrogen-bond donors (Lipinski definition) is 0. The molecule has 1 aromatic rings. The van der Waals surface area contributed by atoms with Crippen LogP contribution >= 0.6 is 0 Å². The molecule has 2 heterocycles. The summed E-state index contributed by atoms with van der Waals surface area (Å²) < 4.78 is 5.66. The van der Waals surface area contributed by atoms with Crippen LogP contribution in [-0.2, 0) is 16.1 Å². The van der Waals surface area contributed by atoms with Gasteiger partial charge >= 0.3 is 0 Å². The smallest absolute Gasteiger partial charge is 0.203 e. The number of carbonyl (C=O) groups excluding carboxylic acids is 1. The van der Waals surface area contributed by atoms with Gasteiger partial charge in [-0.25, -0.2) is 0 Å². The Labute approximate surface area is 126 Å². The summed E-state index contributed by atoms with van der Waals surface area (Å²) >= 11 is 0. The molecule has 2 atom stereocenters. The SMILES string of the molecule is CN(C)/C=C1/OC[C@H]2CN(Cc3ccccc3)C[C@H]2C1=O. The van der Waals surface area contributed by atoms with Crippen LogP contribution in [0.3, 0.4) is 0 Å². The molecule has 4 heteroatoms. The van der Waals surface area contributed by atoms with Gasteiger partial charge in [-0.15, -0.1) is 0 Å². The van der Waals surface area contributed by atoms with Gasteiger partial charge in [-0.1, -0.05) is 30.3 Å². The fraction of sp³-hybridized carbons (Fsp3) is 0.471. The Morgan fingerprint density at radius 2 is 2.05 bits per heavy atom. The molecule has 2 fully saturated rings. The second-order valence-electron chi connectivity index (χ2n) is 6.18. The number of fused-ring (bicyclic) bond motifs is 1. The molecule has 0 aromatic heterocycles. The summed E-state index contributed by atoms with van der Waals surface area (Å²) in [6, 6.07) is 10.4. The van der Waals surface area contributed by atoms with Gasteiger partial charge in [0.15, 0.2) is 5.76 Å². The summed E-state index contributed by atoms with van der Waals surface area (Å²) in [4.78, 5) is 16.7. The molecule has 0 amide bonds. The molecule has 1 aromatic carbocycles. The van der Waals surface area contributed by atoms with Gasteiger partial charge in [0.05, 0.1) is 6.61 Å². The Morgan fingerprint density at radius 3 is 2.76 bits per heavy atom. The first-order valence-electron chi connectivity index (χ1n) is 7.45. The molecule has 3 rings (SSSR count). The Kier molecular flexibility index (Phi) is 3.97. The van der Waals surface area contributed by atoms with Crippen molar-refractivity contribution >= 4 is 5.78 Å². The second-order valence-corrected chi connectivity index (χ2v) is 6.18. The molecule has 0 saturated carbocycles. The first-order chi connectivity index (χ1) is 10.1. The summed E-state index contributed by atoms with van der Waals surface area (Å²) in [6.45, 7) is 3.35. The largest absolute Gasteiger partial charge is 0.488 e. The van der Waals surface area contributed by atoms with E-state index in [1.807, 2.05) is 25.1 Å². The Hall–Kier alpha value is -1.81. The van der Waals surface area contributed by atoms with E-state index in [9.17, 15) is 4.79 Å². The first kappa shape index (κ1) is 14.1. The molecular weight excluding hydrogens is 264 g/mol. The van der Waals surface area contributed by atoms with Crippen LogP contribution in [0.1, 0.15) is 5.56 Å². The van der Waals surface area contributed by atoms with Crippen molar-refractivity contribution in [3.05, 3.63) is 47.9 Å². The lowest BCUT2D eigenvalue weighted by atomic mass is 9.89. The Bertz CT molecular complexity index is 539. The van der Waals surface area contributed by atoms with Crippen LogP contribution in [0.2, 0.25) is 0 Å². The van der Waals surface area contributed by atoms with Gasteiger partial charge in [0.25, 0.3) is 0 Å². The predicted octanol–water partition coefficient (Wildman–Crippen LogP) is 1.74. The molecule has 4 nitrogen and oxygen atoms in total. The molecule has 0 spiro atoms. The van der Waals surface area contributed by atoms with Crippen molar-refractivity contribution in [2.45, 2.75) is 6.54 Å². The fourth-order valence-corrected chi connectivity index (χ4v) is 3.18. The van der Waals surface area contributed by atoms with Gasteiger partial charge in [-0.3, -0.25) is 9.69 Å². The highest BCUT2D eigenvalue weighted by Crippen LogP contribution is 2.32. The average Bonchev–Trinajstić information content (AvgIpc) is 2.86. The zero-order chi connectivity index (χ0) is 14.8. The highest BCUT2D eigenvalue weighted by Gasteiger charge is 2.42. The van der Waals surface area contributed by atoms with Crippen molar-refractivity contribution in [3.63, 3.8) is 0 Å². The summed E-state index contributed by atoms with van der Waals surface area (Å²) in [5.74, 6) is 1.10.